The van der Waals surface area contributed by atoms with Crippen molar-refractivity contribution in [2.24, 2.45) is 0 Å². The minimum atomic E-state index is -3.75. The molecule has 5 nitrogen and oxygen atoms in total. The van der Waals surface area contributed by atoms with Crippen LogP contribution in [0.15, 0.2) is 83.9 Å². The minimum absolute atomic E-state index is 0.160. The van der Waals surface area contributed by atoms with Gasteiger partial charge in [0.25, 0.3) is 10.0 Å². The molecule has 0 aliphatic rings. The molecule has 0 aliphatic carbocycles. The Labute approximate surface area is 185 Å². The molecule has 3 aromatic carbocycles. The van der Waals surface area contributed by atoms with Crippen molar-refractivity contribution in [2.45, 2.75) is 11.8 Å². The summed E-state index contributed by atoms with van der Waals surface area (Å²) in [6, 6.07) is 17.9. The van der Waals surface area contributed by atoms with E-state index < -0.39 is 10.0 Å². The van der Waals surface area contributed by atoms with Gasteiger partial charge in [-0.3, -0.25) is 9.52 Å². The molecule has 0 unspecified atom stereocenters. The Morgan fingerprint density at radius 2 is 1.57 bits per heavy atom. The SMILES string of the molecule is Cc1ccc(S(=O)(=O)Nc2ccccc2N/C=C/C(=O)c2ccc(Cl)c(Cl)c2)cc1. The van der Waals surface area contributed by atoms with Gasteiger partial charge in [-0.2, -0.15) is 0 Å². The highest BCUT2D eigenvalue weighted by atomic mass is 35.5. The lowest BCUT2D eigenvalue weighted by Crippen LogP contribution is -2.14. The summed E-state index contributed by atoms with van der Waals surface area (Å²) in [5.41, 5.74) is 2.19. The Kier molecular flexibility index (Phi) is 6.82. The number of carbonyl (C=O) groups excluding carboxylic acids is 1. The van der Waals surface area contributed by atoms with E-state index in [2.05, 4.69) is 10.0 Å². The van der Waals surface area contributed by atoms with Crippen LogP contribution in [0.25, 0.3) is 0 Å². The van der Waals surface area contributed by atoms with Gasteiger partial charge >= 0.3 is 0 Å². The van der Waals surface area contributed by atoms with Crippen molar-refractivity contribution in [2.75, 3.05) is 10.0 Å². The first-order chi connectivity index (χ1) is 14.3. The fraction of sp³-hybridized carbons (Fsp3) is 0.0455. The smallest absolute Gasteiger partial charge is 0.261 e. The molecule has 0 aliphatic heterocycles. The second kappa shape index (κ2) is 9.34. The first-order valence-corrected chi connectivity index (χ1v) is 11.1. The maximum absolute atomic E-state index is 12.7. The molecular weight excluding hydrogens is 443 g/mol. The largest absolute Gasteiger partial charge is 0.360 e. The van der Waals surface area contributed by atoms with Crippen LogP contribution in [0.2, 0.25) is 10.0 Å². The number of benzene rings is 3. The van der Waals surface area contributed by atoms with Crippen molar-refractivity contribution in [3.63, 3.8) is 0 Å². The zero-order valence-electron chi connectivity index (χ0n) is 15.9. The number of aryl methyl sites for hydroxylation is 1. The highest BCUT2D eigenvalue weighted by Gasteiger charge is 2.15. The van der Waals surface area contributed by atoms with E-state index in [0.29, 0.717) is 27.0 Å². The maximum Gasteiger partial charge on any atom is 0.261 e. The van der Waals surface area contributed by atoms with Gasteiger partial charge in [0.1, 0.15) is 0 Å². The van der Waals surface area contributed by atoms with Gasteiger partial charge in [-0.25, -0.2) is 8.42 Å². The van der Waals surface area contributed by atoms with Crippen molar-refractivity contribution >= 4 is 50.4 Å². The second-order valence-corrected chi connectivity index (χ2v) is 8.93. The molecule has 0 radical (unpaired) electrons. The molecule has 0 saturated carbocycles. The predicted octanol–water partition coefficient (Wildman–Crippen LogP) is 5.91. The lowest BCUT2D eigenvalue weighted by atomic mass is 10.1. The molecule has 154 valence electrons. The van der Waals surface area contributed by atoms with Gasteiger partial charge in [-0.05, 0) is 49.4 Å². The zero-order valence-corrected chi connectivity index (χ0v) is 18.2. The number of carbonyl (C=O) groups is 1. The van der Waals surface area contributed by atoms with E-state index in [9.17, 15) is 13.2 Å². The number of sulfonamides is 1. The van der Waals surface area contributed by atoms with Crippen LogP contribution in [0, 0.1) is 6.92 Å². The number of halogens is 2. The molecule has 3 aromatic rings. The average Bonchev–Trinajstić information content (AvgIpc) is 2.71. The standard InChI is InChI=1S/C22H18Cl2N2O3S/c1-15-6-9-17(10-7-15)30(28,29)26-21-5-3-2-4-20(21)25-13-12-22(27)16-8-11-18(23)19(24)14-16/h2-14,25-26H,1H3/b13-12+. The average molecular weight is 461 g/mol. The Morgan fingerprint density at radius 3 is 2.23 bits per heavy atom. The molecule has 30 heavy (non-hydrogen) atoms. The van der Waals surface area contributed by atoms with Crippen LogP contribution in [0.1, 0.15) is 15.9 Å². The second-order valence-electron chi connectivity index (χ2n) is 6.43. The summed E-state index contributed by atoms with van der Waals surface area (Å²) in [6.45, 7) is 1.88. The first kappa shape index (κ1) is 21.9. The summed E-state index contributed by atoms with van der Waals surface area (Å²) in [4.78, 5) is 12.4. The number of allylic oxidation sites excluding steroid dienone is 1. The van der Waals surface area contributed by atoms with Crippen LogP contribution in [-0.2, 0) is 10.0 Å². The maximum atomic E-state index is 12.7. The van der Waals surface area contributed by atoms with Crippen molar-refractivity contribution in [3.8, 4) is 0 Å². The molecular formula is C22H18Cl2N2O3S. The Morgan fingerprint density at radius 1 is 0.900 bits per heavy atom. The number of ketones is 1. The summed E-state index contributed by atoms with van der Waals surface area (Å²) >= 11 is 11.8. The molecule has 8 heteroatoms. The molecule has 0 atom stereocenters. The normalized spacial score (nSPS) is 11.4. The lowest BCUT2D eigenvalue weighted by molar-refractivity contribution is 0.104. The molecule has 0 saturated heterocycles. The Balaban J connectivity index is 1.75. The number of para-hydroxylation sites is 2. The van der Waals surface area contributed by atoms with Gasteiger partial charge < -0.3 is 5.32 Å². The van der Waals surface area contributed by atoms with Crippen LogP contribution in [-0.4, -0.2) is 14.2 Å². The van der Waals surface area contributed by atoms with Crippen LogP contribution < -0.4 is 10.0 Å². The Bertz CT molecular complexity index is 1210. The molecule has 0 fully saturated rings. The first-order valence-electron chi connectivity index (χ1n) is 8.87. The van der Waals surface area contributed by atoms with Crippen LogP contribution in [0.4, 0.5) is 11.4 Å². The fourth-order valence-electron chi connectivity index (χ4n) is 2.57. The Hall–Kier alpha value is -2.80. The van der Waals surface area contributed by atoms with Crippen LogP contribution in [0.3, 0.4) is 0 Å². The highest BCUT2D eigenvalue weighted by molar-refractivity contribution is 7.92. The molecule has 0 amide bonds. The van der Waals surface area contributed by atoms with Crippen molar-refractivity contribution in [1.29, 1.82) is 0 Å². The highest BCUT2D eigenvalue weighted by Crippen LogP contribution is 2.25. The van der Waals surface area contributed by atoms with Gasteiger partial charge in [0, 0.05) is 17.8 Å². The summed E-state index contributed by atoms with van der Waals surface area (Å²) < 4.78 is 27.9. The van der Waals surface area contributed by atoms with Crippen LogP contribution >= 0.6 is 23.2 Å². The number of nitrogens with one attached hydrogen (secondary N) is 2. The summed E-state index contributed by atoms with van der Waals surface area (Å²) in [5.74, 6) is -0.279. The van der Waals surface area contributed by atoms with E-state index in [-0.39, 0.29) is 10.7 Å². The van der Waals surface area contributed by atoms with Crippen molar-refractivity contribution in [3.05, 3.63) is 100 Å². The molecule has 3 rings (SSSR count). The van der Waals surface area contributed by atoms with Gasteiger partial charge in [0.2, 0.25) is 0 Å². The third-order valence-corrected chi connectivity index (χ3v) is 6.30. The van der Waals surface area contributed by atoms with Gasteiger partial charge in [0.05, 0.1) is 26.3 Å². The molecule has 0 aromatic heterocycles. The van der Waals surface area contributed by atoms with E-state index in [1.165, 1.54) is 18.3 Å². The summed E-state index contributed by atoms with van der Waals surface area (Å²) in [5, 5.41) is 3.59. The lowest BCUT2D eigenvalue weighted by Gasteiger charge is -2.12. The van der Waals surface area contributed by atoms with Gasteiger partial charge in [0.15, 0.2) is 5.78 Å². The number of hydrogen-bond acceptors (Lipinski definition) is 4. The van der Waals surface area contributed by atoms with E-state index in [4.69, 9.17) is 23.2 Å². The topological polar surface area (TPSA) is 75.3 Å². The van der Waals surface area contributed by atoms with E-state index in [1.54, 1.807) is 60.7 Å². The van der Waals surface area contributed by atoms with Crippen molar-refractivity contribution < 1.29 is 13.2 Å². The monoisotopic (exact) mass is 460 g/mol. The summed E-state index contributed by atoms with van der Waals surface area (Å²) in [6.07, 6.45) is 2.76. The molecule has 0 bridgehead atoms. The summed E-state index contributed by atoms with van der Waals surface area (Å²) in [7, 11) is -3.75. The molecule has 0 spiro atoms. The fourth-order valence-corrected chi connectivity index (χ4v) is 3.95. The quantitative estimate of drug-likeness (QED) is 0.339. The predicted molar refractivity (Wildman–Crippen MR) is 122 cm³/mol. The number of rotatable bonds is 7. The van der Waals surface area contributed by atoms with Gasteiger partial charge in [-0.1, -0.05) is 53.0 Å². The number of anilines is 2. The number of hydrogen-bond donors (Lipinski definition) is 2. The minimum Gasteiger partial charge on any atom is -0.360 e. The van der Waals surface area contributed by atoms with E-state index in [1.807, 2.05) is 6.92 Å². The van der Waals surface area contributed by atoms with E-state index in [0.717, 1.165) is 5.56 Å². The van der Waals surface area contributed by atoms with Crippen molar-refractivity contribution in [1.82, 2.24) is 0 Å². The molecule has 0 heterocycles. The molecule has 2 N–H and O–H groups in total. The third-order valence-electron chi connectivity index (χ3n) is 4.18. The van der Waals surface area contributed by atoms with E-state index >= 15 is 0 Å². The zero-order chi connectivity index (χ0) is 21.7. The third kappa shape index (κ3) is 5.42. The van der Waals surface area contributed by atoms with Crippen LogP contribution in [0.5, 0.6) is 0 Å². The van der Waals surface area contributed by atoms with Gasteiger partial charge in [-0.15, -0.1) is 0 Å².